The van der Waals surface area contributed by atoms with Crippen LogP contribution in [0.5, 0.6) is 0 Å². The van der Waals surface area contributed by atoms with Crippen molar-refractivity contribution in [2.75, 3.05) is 20.1 Å². The van der Waals surface area contributed by atoms with Crippen LogP contribution in [0.1, 0.15) is 52.9 Å². The lowest BCUT2D eigenvalue weighted by molar-refractivity contribution is 0.0678. The standard InChI is InChI=1S/C12H27NO/c1-5-10-13(4)11-8-6-7-9-12(2,3)14/h14H,5-11H2,1-4H3. The Balaban J connectivity index is 3.21. The molecule has 0 unspecified atom stereocenters. The van der Waals surface area contributed by atoms with Crippen LogP contribution in [0.15, 0.2) is 0 Å². The smallest absolute Gasteiger partial charge is 0.0591 e. The Hall–Kier alpha value is -0.0800. The highest BCUT2D eigenvalue weighted by Gasteiger charge is 2.10. The van der Waals surface area contributed by atoms with Crippen molar-refractivity contribution >= 4 is 0 Å². The number of nitrogens with zero attached hydrogens (tertiary/aromatic N) is 1. The molecule has 0 heterocycles. The lowest BCUT2D eigenvalue weighted by Gasteiger charge is -2.18. The average molecular weight is 201 g/mol. The second-order valence-corrected chi connectivity index (χ2v) is 4.93. The summed E-state index contributed by atoms with van der Waals surface area (Å²) in [6.45, 7) is 8.38. The summed E-state index contributed by atoms with van der Waals surface area (Å²) in [5.74, 6) is 0. The van der Waals surface area contributed by atoms with Crippen LogP contribution in [0.25, 0.3) is 0 Å². The van der Waals surface area contributed by atoms with Crippen LogP contribution in [0, 0.1) is 0 Å². The van der Waals surface area contributed by atoms with Crippen LogP contribution in [0.2, 0.25) is 0 Å². The van der Waals surface area contributed by atoms with Gasteiger partial charge in [0, 0.05) is 0 Å². The van der Waals surface area contributed by atoms with Gasteiger partial charge in [-0.1, -0.05) is 19.8 Å². The van der Waals surface area contributed by atoms with E-state index in [0.29, 0.717) is 0 Å². The van der Waals surface area contributed by atoms with Crippen LogP contribution >= 0.6 is 0 Å². The summed E-state index contributed by atoms with van der Waals surface area (Å²) in [7, 11) is 2.18. The van der Waals surface area contributed by atoms with E-state index in [0.717, 1.165) is 12.8 Å². The summed E-state index contributed by atoms with van der Waals surface area (Å²) in [6.07, 6.45) is 5.79. The van der Waals surface area contributed by atoms with Gasteiger partial charge >= 0.3 is 0 Å². The van der Waals surface area contributed by atoms with Crippen molar-refractivity contribution in [1.82, 2.24) is 4.90 Å². The minimum Gasteiger partial charge on any atom is -0.390 e. The predicted molar refractivity (Wildman–Crippen MR) is 62.6 cm³/mol. The highest BCUT2D eigenvalue weighted by Crippen LogP contribution is 2.13. The topological polar surface area (TPSA) is 23.5 Å². The molecule has 0 aromatic heterocycles. The van der Waals surface area contributed by atoms with Crippen LogP contribution in [-0.2, 0) is 0 Å². The normalized spacial score (nSPS) is 12.4. The van der Waals surface area contributed by atoms with E-state index in [-0.39, 0.29) is 0 Å². The van der Waals surface area contributed by atoms with Crippen molar-refractivity contribution in [1.29, 1.82) is 0 Å². The predicted octanol–water partition coefficient (Wildman–Crippen LogP) is 2.66. The first-order valence-corrected chi connectivity index (χ1v) is 5.86. The maximum absolute atomic E-state index is 9.50. The first-order chi connectivity index (χ1) is 6.45. The zero-order valence-corrected chi connectivity index (χ0v) is 10.3. The zero-order valence-electron chi connectivity index (χ0n) is 10.3. The summed E-state index contributed by atoms with van der Waals surface area (Å²) >= 11 is 0. The van der Waals surface area contributed by atoms with Crippen molar-refractivity contribution in [2.24, 2.45) is 0 Å². The Morgan fingerprint density at radius 1 is 1.07 bits per heavy atom. The molecule has 86 valence electrons. The molecule has 0 bridgehead atoms. The monoisotopic (exact) mass is 201 g/mol. The van der Waals surface area contributed by atoms with Gasteiger partial charge in [-0.25, -0.2) is 0 Å². The van der Waals surface area contributed by atoms with Crippen molar-refractivity contribution in [2.45, 2.75) is 58.5 Å². The molecule has 0 saturated carbocycles. The van der Waals surface area contributed by atoms with Crippen molar-refractivity contribution in [3.05, 3.63) is 0 Å². The highest BCUT2D eigenvalue weighted by molar-refractivity contribution is 4.64. The Labute approximate surface area is 89.3 Å². The van der Waals surface area contributed by atoms with Crippen molar-refractivity contribution < 1.29 is 5.11 Å². The molecule has 1 N–H and O–H groups in total. The fourth-order valence-corrected chi connectivity index (χ4v) is 1.61. The van der Waals surface area contributed by atoms with Crippen LogP contribution in [0.3, 0.4) is 0 Å². The summed E-state index contributed by atoms with van der Waals surface area (Å²) in [5.41, 5.74) is -0.477. The molecule has 0 fully saturated rings. The molecule has 2 nitrogen and oxygen atoms in total. The summed E-state index contributed by atoms with van der Waals surface area (Å²) < 4.78 is 0. The van der Waals surface area contributed by atoms with Gasteiger partial charge < -0.3 is 10.0 Å². The van der Waals surface area contributed by atoms with E-state index in [2.05, 4.69) is 18.9 Å². The molecule has 0 atom stereocenters. The Bertz CT molecular complexity index is 129. The van der Waals surface area contributed by atoms with Gasteiger partial charge in [-0.3, -0.25) is 0 Å². The summed E-state index contributed by atoms with van der Waals surface area (Å²) in [5, 5.41) is 9.50. The lowest BCUT2D eigenvalue weighted by atomic mass is 10.0. The third kappa shape index (κ3) is 10.0. The third-order valence-electron chi connectivity index (χ3n) is 2.43. The molecule has 0 aliphatic heterocycles. The summed E-state index contributed by atoms with van der Waals surface area (Å²) in [4.78, 5) is 2.38. The van der Waals surface area contributed by atoms with Gasteiger partial charge in [0.05, 0.1) is 5.60 Å². The molecule has 0 aromatic rings. The number of hydrogen-bond acceptors (Lipinski definition) is 2. The minimum atomic E-state index is -0.477. The molecule has 0 aromatic carbocycles. The number of rotatable bonds is 8. The maximum Gasteiger partial charge on any atom is 0.0591 e. The zero-order chi connectivity index (χ0) is 11.0. The third-order valence-corrected chi connectivity index (χ3v) is 2.43. The second kappa shape index (κ2) is 7.24. The molecule has 0 saturated heterocycles. The molecular formula is C12H27NO. The van der Waals surface area contributed by atoms with Gasteiger partial charge in [0.1, 0.15) is 0 Å². The molecule has 14 heavy (non-hydrogen) atoms. The molecule has 0 spiro atoms. The fraction of sp³-hybridized carbons (Fsp3) is 1.00. The molecule has 2 heteroatoms. The largest absolute Gasteiger partial charge is 0.390 e. The van der Waals surface area contributed by atoms with E-state index in [4.69, 9.17) is 0 Å². The summed E-state index contributed by atoms with van der Waals surface area (Å²) in [6, 6.07) is 0. The van der Waals surface area contributed by atoms with E-state index in [1.54, 1.807) is 0 Å². The molecule has 0 aliphatic carbocycles. The number of hydrogen-bond donors (Lipinski definition) is 1. The fourth-order valence-electron chi connectivity index (χ4n) is 1.61. The number of aliphatic hydroxyl groups is 1. The first-order valence-electron chi connectivity index (χ1n) is 5.86. The van der Waals surface area contributed by atoms with Gasteiger partial charge in [-0.2, -0.15) is 0 Å². The SMILES string of the molecule is CCCN(C)CCCCCC(C)(C)O. The van der Waals surface area contributed by atoms with E-state index in [1.807, 2.05) is 13.8 Å². The first kappa shape index (κ1) is 13.9. The highest BCUT2D eigenvalue weighted by atomic mass is 16.3. The maximum atomic E-state index is 9.50. The van der Waals surface area contributed by atoms with Gasteiger partial charge in [-0.05, 0) is 53.2 Å². The van der Waals surface area contributed by atoms with E-state index in [9.17, 15) is 5.11 Å². The van der Waals surface area contributed by atoms with Crippen LogP contribution in [-0.4, -0.2) is 35.7 Å². The van der Waals surface area contributed by atoms with Crippen molar-refractivity contribution in [3.8, 4) is 0 Å². The second-order valence-electron chi connectivity index (χ2n) is 4.93. The Morgan fingerprint density at radius 3 is 2.21 bits per heavy atom. The van der Waals surface area contributed by atoms with Crippen LogP contribution < -0.4 is 0 Å². The molecule has 0 rings (SSSR count). The molecule has 0 radical (unpaired) electrons. The number of unbranched alkanes of at least 4 members (excludes halogenated alkanes) is 2. The minimum absolute atomic E-state index is 0.477. The Morgan fingerprint density at radius 2 is 1.71 bits per heavy atom. The van der Waals surface area contributed by atoms with Crippen LogP contribution in [0.4, 0.5) is 0 Å². The molecule has 0 amide bonds. The lowest BCUT2D eigenvalue weighted by Crippen LogP contribution is -2.21. The quantitative estimate of drug-likeness (QED) is 0.610. The van der Waals surface area contributed by atoms with Gasteiger partial charge in [0.15, 0.2) is 0 Å². The van der Waals surface area contributed by atoms with E-state index < -0.39 is 5.60 Å². The van der Waals surface area contributed by atoms with Gasteiger partial charge in [0.25, 0.3) is 0 Å². The van der Waals surface area contributed by atoms with E-state index in [1.165, 1.54) is 32.4 Å². The molecule has 0 aliphatic rings. The van der Waals surface area contributed by atoms with Crippen molar-refractivity contribution in [3.63, 3.8) is 0 Å². The average Bonchev–Trinajstić information content (AvgIpc) is 2.02. The molecular weight excluding hydrogens is 174 g/mol. The van der Waals surface area contributed by atoms with Gasteiger partial charge in [0.2, 0.25) is 0 Å². The Kier molecular flexibility index (Phi) is 7.20. The van der Waals surface area contributed by atoms with E-state index >= 15 is 0 Å². The van der Waals surface area contributed by atoms with Gasteiger partial charge in [-0.15, -0.1) is 0 Å².